The van der Waals surface area contributed by atoms with Crippen molar-refractivity contribution in [1.82, 2.24) is 9.97 Å². The number of aromatic nitrogens is 2. The number of hydrogen-bond acceptors (Lipinski definition) is 7. The third kappa shape index (κ3) is 9.29. The fraction of sp³-hybridized carbons (Fsp3) is 0.308. The Morgan fingerprint density at radius 1 is 0.914 bits per heavy atom. The number of hydrogen-bond donors (Lipinski definition) is 2. The van der Waals surface area contributed by atoms with Crippen LogP contribution in [0.5, 0.6) is 5.75 Å². The van der Waals surface area contributed by atoms with E-state index in [9.17, 15) is 9.59 Å². The first-order valence-corrected chi connectivity index (χ1v) is 12.1. The standard InChI is InChI=1S/C26H30N4O4S/c1-17-13-18(2)28-24(27-17)35-16-23(31)29-21-8-6-7-19(14-21)15-33-22-11-9-20(10-12-22)30-25(32)34-26(3,4)5/h6-14H,15-16H2,1-5H3,(H,29,31)(H,30,32). The van der Waals surface area contributed by atoms with Gasteiger partial charge in [-0.1, -0.05) is 23.9 Å². The predicted molar refractivity (Wildman–Crippen MR) is 138 cm³/mol. The Balaban J connectivity index is 1.48. The molecule has 8 nitrogen and oxygen atoms in total. The van der Waals surface area contributed by atoms with Crippen molar-refractivity contribution >= 4 is 35.1 Å². The highest BCUT2D eigenvalue weighted by atomic mass is 32.2. The van der Waals surface area contributed by atoms with Gasteiger partial charge in [-0.05, 0) is 82.6 Å². The maximum Gasteiger partial charge on any atom is 0.412 e. The molecule has 184 valence electrons. The van der Waals surface area contributed by atoms with Crippen molar-refractivity contribution in [3.05, 3.63) is 71.5 Å². The van der Waals surface area contributed by atoms with Gasteiger partial charge in [0.25, 0.3) is 0 Å². The first-order valence-electron chi connectivity index (χ1n) is 11.1. The van der Waals surface area contributed by atoms with Crippen LogP contribution in [0.4, 0.5) is 16.2 Å². The molecular weight excluding hydrogens is 464 g/mol. The summed E-state index contributed by atoms with van der Waals surface area (Å²) in [6.07, 6.45) is -0.509. The van der Waals surface area contributed by atoms with Crippen LogP contribution in [-0.2, 0) is 16.1 Å². The smallest absolute Gasteiger partial charge is 0.412 e. The minimum absolute atomic E-state index is 0.135. The van der Waals surface area contributed by atoms with Crippen molar-refractivity contribution in [2.45, 2.75) is 52.0 Å². The maximum absolute atomic E-state index is 12.4. The van der Waals surface area contributed by atoms with E-state index in [0.29, 0.717) is 28.9 Å². The number of nitrogens with zero attached hydrogens (tertiary/aromatic N) is 2. The number of benzene rings is 2. The van der Waals surface area contributed by atoms with E-state index in [0.717, 1.165) is 17.0 Å². The lowest BCUT2D eigenvalue weighted by atomic mass is 10.2. The Morgan fingerprint density at radius 2 is 1.60 bits per heavy atom. The maximum atomic E-state index is 12.4. The number of anilines is 2. The summed E-state index contributed by atoms with van der Waals surface area (Å²) in [4.78, 5) is 32.9. The lowest BCUT2D eigenvalue weighted by molar-refractivity contribution is -0.113. The molecule has 0 bridgehead atoms. The van der Waals surface area contributed by atoms with Gasteiger partial charge in [0.15, 0.2) is 5.16 Å². The minimum atomic E-state index is -0.561. The first kappa shape index (κ1) is 26.0. The highest BCUT2D eigenvalue weighted by molar-refractivity contribution is 7.99. The number of nitrogens with one attached hydrogen (secondary N) is 2. The summed E-state index contributed by atoms with van der Waals surface area (Å²) in [7, 11) is 0. The Hall–Kier alpha value is -3.59. The van der Waals surface area contributed by atoms with E-state index in [-0.39, 0.29) is 11.7 Å². The summed E-state index contributed by atoms with van der Waals surface area (Å²) < 4.78 is 11.1. The van der Waals surface area contributed by atoms with Crippen molar-refractivity contribution in [2.75, 3.05) is 16.4 Å². The lowest BCUT2D eigenvalue weighted by Gasteiger charge is -2.19. The van der Waals surface area contributed by atoms with Gasteiger partial charge in [-0.2, -0.15) is 0 Å². The summed E-state index contributed by atoms with van der Waals surface area (Å²) in [5.41, 5.74) is 3.40. The lowest BCUT2D eigenvalue weighted by Crippen LogP contribution is -2.27. The van der Waals surface area contributed by atoms with Crippen LogP contribution in [0.15, 0.2) is 59.8 Å². The second kappa shape index (κ2) is 11.7. The van der Waals surface area contributed by atoms with Crippen molar-refractivity contribution in [2.24, 2.45) is 0 Å². The van der Waals surface area contributed by atoms with Crippen molar-refractivity contribution in [3.63, 3.8) is 0 Å². The molecular formula is C26H30N4O4S. The van der Waals surface area contributed by atoms with Crippen LogP contribution in [-0.4, -0.2) is 33.3 Å². The van der Waals surface area contributed by atoms with Gasteiger partial charge in [0.1, 0.15) is 18.0 Å². The number of amides is 2. The van der Waals surface area contributed by atoms with Gasteiger partial charge in [0.05, 0.1) is 5.75 Å². The minimum Gasteiger partial charge on any atom is -0.489 e. The average Bonchev–Trinajstić information content (AvgIpc) is 2.76. The quantitative estimate of drug-likeness (QED) is 0.304. The third-order valence-corrected chi connectivity index (χ3v) is 5.26. The van der Waals surface area contributed by atoms with E-state index < -0.39 is 11.7 Å². The van der Waals surface area contributed by atoms with E-state index in [1.165, 1.54) is 11.8 Å². The Labute approximate surface area is 209 Å². The highest BCUT2D eigenvalue weighted by Gasteiger charge is 2.16. The van der Waals surface area contributed by atoms with Gasteiger partial charge in [-0.25, -0.2) is 14.8 Å². The second-order valence-corrected chi connectivity index (χ2v) is 9.85. The first-order chi connectivity index (χ1) is 16.6. The van der Waals surface area contributed by atoms with E-state index in [1.807, 2.05) is 65.0 Å². The summed E-state index contributed by atoms with van der Waals surface area (Å²) in [6.45, 7) is 9.56. The van der Waals surface area contributed by atoms with Crippen LogP contribution >= 0.6 is 11.8 Å². The largest absolute Gasteiger partial charge is 0.489 e. The zero-order valence-corrected chi connectivity index (χ0v) is 21.4. The molecule has 35 heavy (non-hydrogen) atoms. The molecule has 0 saturated heterocycles. The number of rotatable bonds is 8. The molecule has 2 amide bonds. The molecule has 0 aliphatic rings. The Bertz CT molecular complexity index is 1160. The zero-order valence-electron chi connectivity index (χ0n) is 20.5. The molecule has 9 heteroatoms. The van der Waals surface area contributed by atoms with Gasteiger partial charge in [0, 0.05) is 22.8 Å². The van der Waals surface area contributed by atoms with E-state index >= 15 is 0 Å². The molecule has 0 saturated carbocycles. The van der Waals surface area contributed by atoms with Gasteiger partial charge in [0.2, 0.25) is 5.91 Å². The van der Waals surface area contributed by atoms with E-state index in [2.05, 4.69) is 20.6 Å². The van der Waals surface area contributed by atoms with Crippen molar-refractivity contribution < 1.29 is 19.1 Å². The summed E-state index contributed by atoms with van der Waals surface area (Å²) in [6, 6.07) is 16.4. The van der Waals surface area contributed by atoms with Crippen LogP contribution in [0, 0.1) is 13.8 Å². The molecule has 1 heterocycles. The van der Waals surface area contributed by atoms with Crippen LogP contribution in [0.3, 0.4) is 0 Å². The number of aryl methyl sites for hydroxylation is 2. The number of thioether (sulfide) groups is 1. The number of ether oxygens (including phenoxy) is 2. The number of carbonyl (C=O) groups excluding carboxylic acids is 2. The Kier molecular flexibility index (Phi) is 8.70. The molecule has 0 radical (unpaired) electrons. The van der Waals surface area contributed by atoms with Gasteiger partial charge in [-0.3, -0.25) is 10.1 Å². The highest BCUT2D eigenvalue weighted by Crippen LogP contribution is 2.20. The molecule has 2 aromatic carbocycles. The van der Waals surface area contributed by atoms with Gasteiger partial charge < -0.3 is 14.8 Å². The van der Waals surface area contributed by atoms with Crippen LogP contribution in [0.25, 0.3) is 0 Å². The monoisotopic (exact) mass is 494 g/mol. The third-order valence-electron chi connectivity index (χ3n) is 4.41. The second-order valence-electron chi connectivity index (χ2n) is 8.91. The summed E-state index contributed by atoms with van der Waals surface area (Å²) >= 11 is 1.30. The summed E-state index contributed by atoms with van der Waals surface area (Å²) in [5, 5.41) is 6.17. The predicted octanol–water partition coefficient (Wildman–Crippen LogP) is 5.75. The molecule has 3 aromatic rings. The summed E-state index contributed by atoms with van der Waals surface area (Å²) in [5.74, 6) is 0.732. The molecule has 0 unspecified atom stereocenters. The van der Waals surface area contributed by atoms with Gasteiger partial charge >= 0.3 is 6.09 Å². The molecule has 0 aliphatic heterocycles. The van der Waals surface area contributed by atoms with E-state index in [4.69, 9.17) is 9.47 Å². The number of carbonyl (C=O) groups is 2. The molecule has 0 atom stereocenters. The van der Waals surface area contributed by atoms with Crippen LogP contribution in [0.2, 0.25) is 0 Å². The fourth-order valence-corrected chi connectivity index (χ4v) is 3.80. The topological polar surface area (TPSA) is 102 Å². The van der Waals surface area contributed by atoms with Crippen LogP contribution in [0.1, 0.15) is 37.7 Å². The normalized spacial score (nSPS) is 11.0. The Morgan fingerprint density at radius 3 is 2.26 bits per heavy atom. The van der Waals surface area contributed by atoms with E-state index in [1.54, 1.807) is 24.3 Å². The van der Waals surface area contributed by atoms with Crippen molar-refractivity contribution in [1.29, 1.82) is 0 Å². The van der Waals surface area contributed by atoms with Crippen molar-refractivity contribution in [3.8, 4) is 5.75 Å². The SMILES string of the molecule is Cc1cc(C)nc(SCC(=O)Nc2cccc(COc3ccc(NC(=O)OC(C)(C)C)cc3)c2)n1. The molecule has 1 aromatic heterocycles. The van der Waals surface area contributed by atoms with Crippen LogP contribution < -0.4 is 15.4 Å². The zero-order chi connectivity index (χ0) is 25.4. The fourth-order valence-electron chi connectivity index (χ4n) is 3.05. The molecule has 0 spiro atoms. The molecule has 3 rings (SSSR count). The molecule has 2 N–H and O–H groups in total. The molecule has 0 aliphatic carbocycles. The molecule has 0 fully saturated rings. The van der Waals surface area contributed by atoms with Gasteiger partial charge in [-0.15, -0.1) is 0 Å². The average molecular weight is 495 g/mol.